The lowest BCUT2D eigenvalue weighted by Gasteiger charge is -2.28. The van der Waals surface area contributed by atoms with Crippen molar-refractivity contribution in [2.75, 3.05) is 59.8 Å². The molecule has 0 spiro atoms. The van der Waals surface area contributed by atoms with Gasteiger partial charge in [0.05, 0.1) is 51.8 Å². The molecule has 0 aromatic heterocycles. The first-order chi connectivity index (χ1) is 33.9. The molecule has 2 heterocycles. The molecule has 0 radical (unpaired) electrons. The monoisotopic (exact) mass is 996 g/mol. The van der Waals surface area contributed by atoms with Crippen molar-refractivity contribution < 1.29 is 71.5 Å². The number of likely N-dealkylation sites (tertiary alicyclic amines) is 1. The van der Waals surface area contributed by atoms with E-state index in [1.165, 1.54) is 0 Å². The standard InChI is InChI=1S/C54H93NO15/c1-6-10-14-18-22-26-47(56)64-36-42(37-65-48(57)27-23-19-15-11-7-2)34-51(60)69-46-41-63-45(40-68-54(62)44-30-32-55(5)33-31-44)53(46)70-52(61)35-43(38-66-49(58)28-24-20-16-12-8-3)39-67-50(59)29-25-21-17-13-9-4/h42-46,53H,6-41H2,1-5H3/t45?,46-,53-/m0/s1. The van der Waals surface area contributed by atoms with Crippen molar-refractivity contribution in [3.8, 4) is 0 Å². The predicted octanol–water partition coefficient (Wildman–Crippen LogP) is 9.72. The minimum atomic E-state index is -1.20. The second-order valence-corrected chi connectivity index (χ2v) is 19.6. The van der Waals surface area contributed by atoms with Crippen LogP contribution in [0.2, 0.25) is 0 Å². The maximum Gasteiger partial charge on any atom is 0.309 e. The first-order valence-electron chi connectivity index (χ1n) is 27.4. The maximum atomic E-state index is 13.9. The fourth-order valence-electron chi connectivity index (χ4n) is 8.41. The van der Waals surface area contributed by atoms with E-state index < -0.39 is 71.9 Å². The zero-order valence-electron chi connectivity index (χ0n) is 44.0. The van der Waals surface area contributed by atoms with Crippen molar-refractivity contribution in [1.29, 1.82) is 0 Å². The van der Waals surface area contributed by atoms with Crippen molar-refractivity contribution in [1.82, 2.24) is 4.90 Å². The molecule has 2 aliphatic rings. The molecule has 3 atom stereocenters. The van der Waals surface area contributed by atoms with Gasteiger partial charge in [0, 0.05) is 37.5 Å². The summed E-state index contributed by atoms with van der Waals surface area (Å²) in [4.78, 5) is 93.7. The smallest absolute Gasteiger partial charge is 0.309 e. The van der Waals surface area contributed by atoms with Crippen LogP contribution in [0.4, 0.5) is 0 Å². The van der Waals surface area contributed by atoms with Crippen LogP contribution < -0.4 is 0 Å². The van der Waals surface area contributed by atoms with Crippen LogP contribution in [0.3, 0.4) is 0 Å². The van der Waals surface area contributed by atoms with E-state index in [9.17, 15) is 33.6 Å². The molecule has 2 rings (SSSR count). The van der Waals surface area contributed by atoms with Crippen molar-refractivity contribution in [2.24, 2.45) is 17.8 Å². The third kappa shape index (κ3) is 30.2. The van der Waals surface area contributed by atoms with Crippen molar-refractivity contribution >= 4 is 41.8 Å². The van der Waals surface area contributed by atoms with E-state index in [0.29, 0.717) is 38.5 Å². The fraction of sp³-hybridized carbons (Fsp3) is 0.870. The molecule has 0 saturated carbocycles. The molecule has 0 aromatic rings. The lowest BCUT2D eigenvalue weighted by molar-refractivity contribution is -0.172. The Bertz CT molecular complexity index is 1410. The molecule has 70 heavy (non-hydrogen) atoms. The van der Waals surface area contributed by atoms with E-state index in [4.69, 9.17) is 37.9 Å². The van der Waals surface area contributed by atoms with E-state index in [0.717, 1.165) is 116 Å². The van der Waals surface area contributed by atoms with Crippen LogP contribution in [0.25, 0.3) is 0 Å². The number of unbranched alkanes of at least 4 members (excludes halogenated alkanes) is 16. The number of carbonyl (C=O) groups excluding carboxylic acids is 7. The Balaban J connectivity index is 2.21. The second kappa shape index (κ2) is 39.8. The highest BCUT2D eigenvalue weighted by Crippen LogP contribution is 2.26. The summed E-state index contributed by atoms with van der Waals surface area (Å²) in [5.41, 5.74) is 0. The van der Waals surface area contributed by atoms with E-state index in [2.05, 4.69) is 32.6 Å². The van der Waals surface area contributed by atoms with Crippen LogP contribution in [-0.2, 0) is 71.5 Å². The van der Waals surface area contributed by atoms with Gasteiger partial charge in [0.1, 0.15) is 12.7 Å². The largest absolute Gasteiger partial charge is 0.465 e. The first kappa shape index (κ1) is 62.3. The van der Waals surface area contributed by atoms with Crippen LogP contribution in [0.1, 0.15) is 207 Å². The van der Waals surface area contributed by atoms with Gasteiger partial charge in [-0.25, -0.2) is 0 Å². The lowest BCUT2D eigenvalue weighted by atomic mass is 9.97. The highest BCUT2D eigenvalue weighted by atomic mass is 16.6. The van der Waals surface area contributed by atoms with Gasteiger partial charge in [-0.1, -0.05) is 130 Å². The average molecular weight is 996 g/mol. The summed E-state index contributed by atoms with van der Waals surface area (Å²) in [7, 11) is 1.99. The van der Waals surface area contributed by atoms with Gasteiger partial charge in [-0.15, -0.1) is 0 Å². The number of nitrogens with zero attached hydrogens (tertiary/aromatic N) is 1. The number of piperidine rings is 1. The van der Waals surface area contributed by atoms with Gasteiger partial charge < -0.3 is 42.8 Å². The number of hydrogen-bond acceptors (Lipinski definition) is 16. The minimum absolute atomic E-state index is 0.171. The normalized spacial score (nSPS) is 17.3. The molecule has 1 unspecified atom stereocenters. The molecule has 0 aliphatic carbocycles. The molecule has 2 saturated heterocycles. The Hall–Kier alpha value is -3.79. The molecular weight excluding hydrogens is 903 g/mol. The van der Waals surface area contributed by atoms with Gasteiger partial charge in [-0.05, 0) is 58.7 Å². The Morgan fingerprint density at radius 3 is 1.20 bits per heavy atom. The Labute approximate surface area is 420 Å². The van der Waals surface area contributed by atoms with E-state index in [1.807, 2.05) is 7.05 Å². The summed E-state index contributed by atoms with van der Waals surface area (Å²) in [5.74, 6) is -5.24. The average Bonchev–Trinajstić information content (AvgIpc) is 3.71. The molecule has 2 fully saturated rings. The number of rotatable bonds is 41. The predicted molar refractivity (Wildman–Crippen MR) is 264 cm³/mol. The van der Waals surface area contributed by atoms with E-state index >= 15 is 0 Å². The minimum Gasteiger partial charge on any atom is -0.465 e. The van der Waals surface area contributed by atoms with Gasteiger partial charge in [0.2, 0.25) is 0 Å². The summed E-state index contributed by atoms with van der Waals surface area (Å²) in [5, 5.41) is 0. The topological polar surface area (TPSA) is 197 Å². The van der Waals surface area contributed by atoms with Crippen LogP contribution in [0.15, 0.2) is 0 Å². The number of esters is 7. The van der Waals surface area contributed by atoms with Crippen LogP contribution in [-0.4, -0.2) is 125 Å². The molecule has 404 valence electrons. The molecule has 2 aliphatic heterocycles. The maximum absolute atomic E-state index is 13.9. The van der Waals surface area contributed by atoms with Crippen LogP contribution >= 0.6 is 0 Å². The Kier molecular flexibility index (Phi) is 35.4. The molecule has 0 aromatic carbocycles. The number of carbonyl (C=O) groups is 7. The van der Waals surface area contributed by atoms with Gasteiger partial charge in [-0.2, -0.15) is 0 Å². The molecular formula is C54H93NO15. The van der Waals surface area contributed by atoms with E-state index in [-0.39, 0.29) is 84.1 Å². The summed E-state index contributed by atoms with van der Waals surface area (Å²) in [6, 6.07) is 0. The molecule has 16 nitrogen and oxygen atoms in total. The van der Waals surface area contributed by atoms with Gasteiger partial charge in [0.25, 0.3) is 0 Å². The van der Waals surface area contributed by atoms with Crippen LogP contribution in [0.5, 0.6) is 0 Å². The quantitative estimate of drug-likeness (QED) is 0.0318. The highest BCUT2D eigenvalue weighted by molar-refractivity contribution is 5.74. The third-order valence-electron chi connectivity index (χ3n) is 13.0. The summed E-state index contributed by atoms with van der Waals surface area (Å²) in [6.45, 7) is 8.82. The number of hydrogen-bond donors (Lipinski definition) is 0. The lowest BCUT2D eigenvalue weighted by Crippen LogP contribution is -2.42. The first-order valence-corrected chi connectivity index (χ1v) is 27.4. The van der Waals surface area contributed by atoms with Gasteiger partial charge >= 0.3 is 41.8 Å². The molecule has 16 heteroatoms. The molecule has 0 amide bonds. The SMILES string of the molecule is CCCCCCCC(=O)OCC(COC(=O)CCCCCCC)CC(=O)O[C@H]1COC(COC(=O)C2CCN(C)CC2)[C@@H]1OC(=O)CC(COC(=O)CCCCCCC)COC(=O)CCCCCCC. The third-order valence-corrected chi connectivity index (χ3v) is 13.0. The molecule has 0 bridgehead atoms. The Morgan fingerprint density at radius 2 is 0.829 bits per heavy atom. The number of ether oxygens (including phenoxy) is 8. The van der Waals surface area contributed by atoms with Gasteiger partial charge in [0.15, 0.2) is 12.2 Å². The van der Waals surface area contributed by atoms with Gasteiger partial charge in [-0.3, -0.25) is 33.6 Å². The summed E-state index contributed by atoms with van der Waals surface area (Å²) >= 11 is 0. The zero-order chi connectivity index (χ0) is 51.2. The van der Waals surface area contributed by atoms with Crippen molar-refractivity contribution in [3.05, 3.63) is 0 Å². The zero-order valence-corrected chi connectivity index (χ0v) is 44.0. The second-order valence-electron chi connectivity index (χ2n) is 19.6. The summed E-state index contributed by atoms with van der Waals surface area (Å²) < 4.78 is 45.9. The van der Waals surface area contributed by atoms with E-state index in [1.54, 1.807) is 0 Å². The molecule has 0 N–H and O–H groups in total. The van der Waals surface area contributed by atoms with Crippen molar-refractivity contribution in [3.63, 3.8) is 0 Å². The Morgan fingerprint density at radius 1 is 0.471 bits per heavy atom. The fourth-order valence-corrected chi connectivity index (χ4v) is 8.41. The summed E-state index contributed by atoms with van der Waals surface area (Å²) in [6.07, 6.45) is 17.4. The highest BCUT2D eigenvalue weighted by Gasteiger charge is 2.44. The van der Waals surface area contributed by atoms with Crippen LogP contribution in [0, 0.1) is 17.8 Å². The van der Waals surface area contributed by atoms with Crippen molar-refractivity contribution in [2.45, 2.75) is 226 Å².